The Morgan fingerprint density at radius 2 is 1.57 bits per heavy atom. The molecule has 0 bridgehead atoms. The van der Waals surface area contributed by atoms with E-state index in [-0.39, 0.29) is 57.1 Å². The summed E-state index contributed by atoms with van der Waals surface area (Å²) in [5, 5.41) is 0. The number of hydrogen-bond acceptors (Lipinski definition) is 8. The molecule has 0 aliphatic carbocycles. The van der Waals surface area contributed by atoms with Gasteiger partial charge >= 0.3 is 19.9 Å². The molecule has 0 atom stereocenters. The summed E-state index contributed by atoms with van der Waals surface area (Å²) < 4.78 is 39.1. The molecule has 1 rings (SSSR count). The lowest BCUT2D eigenvalue weighted by Gasteiger charge is -2.26. The van der Waals surface area contributed by atoms with Gasteiger partial charge in [-0.05, 0) is 41.5 Å². The van der Waals surface area contributed by atoms with E-state index in [1.54, 1.807) is 41.5 Å². The van der Waals surface area contributed by atoms with Crippen LogP contribution in [0.2, 0.25) is 0 Å². The molecule has 0 radical (unpaired) electrons. The van der Waals surface area contributed by atoms with Crippen LogP contribution in [0.4, 0.5) is 4.79 Å². The number of rotatable bonds is 8. The van der Waals surface area contributed by atoms with E-state index < -0.39 is 25.5 Å². The lowest BCUT2D eigenvalue weighted by molar-refractivity contribution is -0.138. The second-order valence-electron chi connectivity index (χ2n) is 6.96. The summed E-state index contributed by atoms with van der Waals surface area (Å²) in [4.78, 5) is 26.3. The minimum atomic E-state index is -3.88. The van der Waals surface area contributed by atoms with Crippen LogP contribution < -0.4 is 0 Å². The van der Waals surface area contributed by atoms with E-state index in [1.165, 1.54) is 4.90 Å². The van der Waals surface area contributed by atoms with Gasteiger partial charge < -0.3 is 18.9 Å². The first kappa shape index (κ1) is 24.5. The molecule has 162 valence electrons. The van der Waals surface area contributed by atoms with Crippen LogP contribution in [0, 0.1) is 0 Å². The number of hydrogen-bond donors (Lipinski definition) is 0. The average Bonchev–Trinajstić information content (AvgIpc) is 2.76. The smallest absolute Gasteiger partial charge is 0.463 e. The first-order chi connectivity index (χ1) is 13.0. The Bertz CT molecular complexity index is 616. The van der Waals surface area contributed by atoms with Crippen LogP contribution in [-0.2, 0) is 32.4 Å². The summed E-state index contributed by atoms with van der Waals surface area (Å²) in [5.74, 6) is -0.433. The number of phosphoric acid groups is 1. The quantitative estimate of drug-likeness (QED) is 0.428. The Hall–Kier alpha value is -1.57. The fourth-order valence-corrected chi connectivity index (χ4v) is 3.75. The van der Waals surface area contributed by atoms with Crippen LogP contribution in [-0.4, -0.2) is 55.5 Å². The molecule has 0 spiro atoms. The van der Waals surface area contributed by atoms with E-state index in [0.717, 1.165) is 0 Å². The molecule has 0 unspecified atom stereocenters. The Kier molecular flexibility index (Phi) is 9.47. The van der Waals surface area contributed by atoms with Crippen molar-refractivity contribution in [3.63, 3.8) is 0 Å². The average molecular weight is 421 g/mol. The normalized spacial score (nSPS) is 15.9. The highest BCUT2D eigenvalue weighted by molar-refractivity contribution is 7.48. The van der Waals surface area contributed by atoms with Crippen LogP contribution in [0.3, 0.4) is 0 Å². The van der Waals surface area contributed by atoms with Gasteiger partial charge in [0.15, 0.2) is 0 Å². The van der Waals surface area contributed by atoms with Crippen molar-refractivity contribution in [2.24, 2.45) is 0 Å². The number of amides is 1. The van der Waals surface area contributed by atoms with Gasteiger partial charge in [0.05, 0.1) is 25.4 Å². The molecule has 28 heavy (non-hydrogen) atoms. The molecule has 9 nitrogen and oxygen atoms in total. The van der Waals surface area contributed by atoms with Crippen LogP contribution in [0.25, 0.3) is 0 Å². The molecular formula is C18H32NO8P. The van der Waals surface area contributed by atoms with E-state index in [9.17, 15) is 14.2 Å². The van der Waals surface area contributed by atoms with Gasteiger partial charge in [-0.3, -0.25) is 9.05 Å². The summed E-state index contributed by atoms with van der Waals surface area (Å²) in [6.07, 6.45) is -0.168. The molecule has 1 heterocycles. The molecule has 10 heteroatoms. The third-order valence-corrected chi connectivity index (χ3v) is 5.14. The fraction of sp³-hybridized carbons (Fsp3) is 0.778. The maximum absolute atomic E-state index is 12.8. The van der Waals surface area contributed by atoms with Crippen molar-refractivity contribution in [2.75, 3.05) is 32.9 Å². The van der Waals surface area contributed by atoms with Crippen LogP contribution in [0.5, 0.6) is 0 Å². The maximum Gasteiger partial charge on any atom is 0.529 e. The Morgan fingerprint density at radius 3 is 2.07 bits per heavy atom. The number of phosphoric ester groups is 1. The summed E-state index contributed by atoms with van der Waals surface area (Å²) >= 11 is 0. The molecule has 0 aromatic heterocycles. The summed E-state index contributed by atoms with van der Waals surface area (Å²) in [7, 11) is -3.88. The van der Waals surface area contributed by atoms with Gasteiger partial charge in [0.1, 0.15) is 11.4 Å². The highest BCUT2D eigenvalue weighted by Gasteiger charge is 2.34. The second-order valence-corrected chi connectivity index (χ2v) is 8.56. The topological polar surface area (TPSA) is 101 Å². The summed E-state index contributed by atoms with van der Waals surface area (Å²) in [5.41, 5.74) is -0.424. The Morgan fingerprint density at radius 1 is 1.00 bits per heavy atom. The van der Waals surface area contributed by atoms with Crippen LogP contribution >= 0.6 is 7.82 Å². The molecule has 1 amide bonds. The van der Waals surface area contributed by atoms with E-state index in [1.807, 2.05) is 0 Å². The first-order valence-electron chi connectivity index (χ1n) is 9.51. The SMILES string of the molecule is CCOC(=O)C1=C(OP(=O)(OCC)OCC)CCN(C(=O)OC(C)(C)C)CC1. The van der Waals surface area contributed by atoms with Gasteiger partial charge in [-0.25, -0.2) is 14.2 Å². The molecule has 0 N–H and O–H groups in total. The minimum absolute atomic E-state index is 0.114. The molecule has 1 aliphatic heterocycles. The molecular weight excluding hydrogens is 389 g/mol. The van der Waals surface area contributed by atoms with E-state index in [2.05, 4.69) is 0 Å². The first-order valence-corrected chi connectivity index (χ1v) is 11.0. The third-order valence-electron chi connectivity index (χ3n) is 3.55. The standard InChI is InChI=1S/C18H32NO8P/c1-7-23-16(20)14-10-12-19(17(21)26-18(4,5)6)13-11-15(14)27-28(22,24-8-2)25-9-3/h7-13H2,1-6H3. The molecule has 0 saturated heterocycles. The van der Waals surface area contributed by atoms with Crippen molar-refractivity contribution in [3.8, 4) is 0 Å². The highest BCUT2D eigenvalue weighted by atomic mass is 31.2. The van der Waals surface area contributed by atoms with Gasteiger partial charge in [-0.2, -0.15) is 0 Å². The van der Waals surface area contributed by atoms with Crippen molar-refractivity contribution in [2.45, 2.75) is 60.0 Å². The number of carbonyl (C=O) groups is 2. The molecule has 0 fully saturated rings. The molecule has 0 saturated carbocycles. The number of ether oxygens (including phenoxy) is 2. The zero-order chi connectivity index (χ0) is 21.4. The van der Waals surface area contributed by atoms with E-state index in [4.69, 9.17) is 23.0 Å². The number of nitrogens with zero attached hydrogens (tertiary/aromatic N) is 1. The number of carbonyl (C=O) groups excluding carboxylic acids is 2. The van der Waals surface area contributed by atoms with Crippen LogP contribution in [0.15, 0.2) is 11.3 Å². The van der Waals surface area contributed by atoms with Crippen molar-refractivity contribution in [1.29, 1.82) is 0 Å². The number of esters is 1. The second kappa shape index (κ2) is 10.8. The molecule has 1 aliphatic rings. The van der Waals surface area contributed by atoms with Gasteiger partial charge in [0, 0.05) is 25.9 Å². The zero-order valence-electron chi connectivity index (χ0n) is 17.6. The molecule has 0 aromatic rings. The van der Waals surface area contributed by atoms with Gasteiger partial charge in [0.25, 0.3) is 0 Å². The van der Waals surface area contributed by atoms with Crippen molar-refractivity contribution in [3.05, 3.63) is 11.3 Å². The monoisotopic (exact) mass is 421 g/mol. The fourth-order valence-electron chi connectivity index (χ4n) is 2.47. The lowest BCUT2D eigenvalue weighted by atomic mass is 10.1. The maximum atomic E-state index is 12.8. The Labute approximate surface area is 166 Å². The van der Waals surface area contributed by atoms with Crippen molar-refractivity contribution >= 4 is 19.9 Å². The zero-order valence-corrected chi connectivity index (χ0v) is 18.5. The summed E-state index contributed by atoms with van der Waals surface area (Å²) in [6.45, 7) is 11.2. The summed E-state index contributed by atoms with van der Waals surface area (Å²) in [6, 6.07) is 0. The third kappa shape index (κ3) is 7.81. The van der Waals surface area contributed by atoms with Crippen LogP contribution in [0.1, 0.15) is 54.4 Å². The van der Waals surface area contributed by atoms with Gasteiger partial charge in [0.2, 0.25) is 0 Å². The van der Waals surface area contributed by atoms with Gasteiger partial charge in [-0.15, -0.1) is 0 Å². The highest BCUT2D eigenvalue weighted by Crippen LogP contribution is 2.52. The Balaban J connectivity index is 3.07. The lowest BCUT2D eigenvalue weighted by Crippen LogP contribution is -2.37. The largest absolute Gasteiger partial charge is 0.529 e. The van der Waals surface area contributed by atoms with Crippen molar-refractivity contribution < 1.29 is 37.2 Å². The minimum Gasteiger partial charge on any atom is -0.463 e. The van der Waals surface area contributed by atoms with E-state index in [0.29, 0.717) is 0 Å². The van der Waals surface area contributed by atoms with Gasteiger partial charge in [-0.1, -0.05) is 0 Å². The predicted molar refractivity (Wildman–Crippen MR) is 103 cm³/mol. The van der Waals surface area contributed by atoms with E-state index >= 15 is 0 Å². The predicted octanol–water partition coefficient (Wildman–Crippen LogP) is 4.03. The van der Waals surface area contributed by atoms with Crippen molar-refractivity contribution in [1.82, 2.24) is 4.90 Å². The molecule has 0 aromatic carbocycles.